The fourth-order valence-corrected chi connectivity index (χ4v) is 4.76. The monoisotopic (exact) mass is 343 g/mol. The van der Waals surface area contributed by atoms with E-state index in [-0.39, 0.29) is 4.90 Å². The lowest BCUT2D eigenvalue weighted by atomic mass is 10.4. The Morgan fingerprint density at radius 3 is 2.52 bits per heavy atom. The number of halogens is 1. The Balaban J connectivity index is 1.84. The van der Waals surface area contributed by atoms with Crippen LogP contribution in [0.5, 0.6) is 0 Å². The number of thiazole rings is 1. The van der Waals surface area contributed by atoms with Crippen molar-refractivity contribution in [1.82, 2.24) is 4.98 Å². The summed E-state index contributed by atoms with van der Waals surface area (Å²) < 4.78 is 27.0. The smallest absolute Gasteiger partial charge is 0.263 e. The molecular weight excluding hydrogens is 330 g/mol. The van der Waals surface area contributed by atoms with Crippen molar-refractivity contribution in [3.63, 3.8) is 0 Å². The van der Waals surface area contributed by atoms with Gasteiger partial charge in [-0.2, -0.15) is 0 Å². The first kappa shape index (κ1) is 14.6. The number of hydrogen-bond acceptors (Lipinski definition) is 5. The molecule has 0 atom stereocenters. The number of benzene rings is 1. The highest BCUT2D eigenvalue weighted by molar-refractivity contribution is 7.93. The molecule has 3 rings (SSSR count). The average Bonchev–Trinajstić information content (AvgIpc) is 3.09. The van der Waals surface area contributed by atoms with Gasteiger partial charge in [0.05, 0.1) is 4.90 Å². The Hall–Kier alpha value is -1.31. The zero-order valence-electron chi connectivity index (χ0n) is 11.1. The Labute approximate surface area is 132 Å². The number of rotatable bonds is 4. The second-order valence-electron chi connectivity index (χ2n) is 4.73. The molecular formula is C13H14ClN3O2S2. The van der Waals surface area contributed by atoms with Crippen LogP contribution in [-0.4, -0.2) is 26.5 Å². The first-order valence-electron chi connectivity index (χ1n) is 6.55. The van der Waals surface area contributed by atoms with E-state index in [1.807, 2.05) is 0 Å². The fourth-order valence-electron chi connectivity index (χ4n) is 2.23. The minimum absolute atomic E-state index is 0.207. The number of aromatic nitrogens is 1. The van der Waals surface area contributed by atoms with Crippen LogP contribution in [0.1, 0.15) is 12.8 Å². The van der Waals surface area contributed by atoms with E-state index in [2.05, 4.69) is 14.6 Å². The van der Waals surface area contributed by atoms with Crippen LogP contribution in [0.15, 0.2) is 35.2 Å². The van der Waals surface area contributed by atoms with Gasteiger partial charge in [0.25, 0.3) is 10.0 Å². The number of anilines is 2. The molecule has 0 unspecified atom stereocenters. The molecule has 5 nitrogen and oxygen atoms in total. The summed E-state index contributed by atoms with van der Waals surface area (Å²) in [5.74, 6) is 0. The van der Waals surface area contributed by atoms with Gasteiger partial charge in [-0.25, -0.2) is 13.4 Å². The summed E-state index contributed by atoms with van der Waals surface area (Å²) in [6, 6.07) is 8.21. The molecule has 0 bridgehead atoms. The molecule has 1 N–H and O–H groups in total. The lowest BCUT2D eigenvalue weighted by Crippen LogP contribution is -2.16. The standard InChI is InChI=1S/C13H14ClN3O2S2/c14-11-12(17-8-4-5-9-17)20-13(15-11)16-21(18,19)10-6-2-1-3-7-10/h1-3,6-7H,4-5,8-9H2,(H,15,16). The Morgan fingerprint density at radius 2 is 1.86 bits per heavy atom. The summed E-state index contributed by atoms with van der Waals surface area (Å²) in [7, 11) is -3.62. The molecule has 1 aromatic heterocycles. The van der Waals surface area contributed by atoms with Crippen molar-refractivity contribution in [2.45, 2.75) is 17.7 Å². The van der Waals surface area contributed by atoms with E-state index in [0.717, 1.165) is 30.9 Å². The zero-order chi connectivity index (χ0) is 14.9. The summed E-state index contributed by atoms with van der Waals surface area (Å²) in [5.41, 5.74) is 0. The summed E-state index contributed by atoms with van der Waals surface area (Å²) in [4.78, 5) is 6.46. The van der Waals surface area contributed by atoms with E-state index in [4.69, 9.17) is 11.6 Å². The van der Waals surface area contributed by atoms with Gasteiger partial charge in [-0.05, 0) is 25.0 Å². The highest BCUT2D eigenvalue weighted by atomic mass is 35.5. The van der Waals surface area contributed by atoms with E-state index in [1.54, 1.807) is 30.3 Å². The van der Waals surface area contributed by atoms with Gasteiger partial charge in [-0.3, -0.25) is 4.72 Å². The molecule has 2 heterocycles. The molecule has 8 heteroatoms. The summed E-state index contributed by atoms with van der Waals surface area (Å²) in [6.45, 7) is 1.87. The molecule has 1 aliphatic rings. The number of hydrogen-bond donors (Lipinski definition) is 1. The highest BCUT2D eigenvalue weighted by Crippen LogP contribution is 2.37. The molecule has 1 aliphatic heterocycles. The van der Waals surface area contributed by atoms with Gasteiger partial charge >= 0.3 is 0 Å². The van der Waals surface area contributed by atoms with Gasteiger partial charge in [0.2, 0.25) is 0 Å². The second-order valence-corrected chi connectivity index (χ2v) is 7.75. The van der Waals surface area contributed by atoms with Crippen LogP contribution in [0.4, 0.5) is 10.1 Å². The van der Waals surface area contributed by atoms with Crippen molar-refractivity contribution in [1.29, 1.82) is 0 Å². The quantitative estimate of drug-likeness (QED) is 0.926. The van der Waals surface area contributed by atoms with Gasteiger partial charge in [0.15, 0.2) is 10.3 Å². The predicted octanol–water partition coefficient (Wildman–Crippen LogP) is 3.20. The molecule has 0 amide bonds. The maximum absolute atomic E-state index is 12.2. The number of sulfonamides is 1. The van der Waals surface area contributed by atoms with Crippen LogP contribution in [0.25, 0.3) is 0 Å². The van der Waals surface area contributed by atoms with Crippen molar-refractivity contribution >= 4 is 43.1 Å². The summed E-state index contributed by atoms with van der Waals surface area (Å²) in [6.07, 6.45) is 2.25. The van der Waals surface area contributed by atoms with Gasteiger partial charge in [0, 0.05) is 13.1 Å². The van der Waals surface area contributed by atoms with Gasteiger partial charge in [-0.1, -0.05) is 41.1 Å². The van der Waals surface area contributed by atoms with Crippen LogP contribution < -0.4 is 9.62 Å². The van der Waals surface area contributed by atoms with Crippen molar-refractivity contribution in [2.24, 2.45) is 0 Å². The number of nitrogens with one attached hydrogen (secondary N) is 1. The van der Waals surface area contributed by atoms with E-state index in [0.29, 0.717) is 10.3 Å². The third-order valence-corrected chi connectivity index (χ3v) is 6.13. The largest absolute Gasteiger partial charge is 0.361 e. The molecule has 0 saturated carbocycles. The zero-order valence-corrected chi connectivity index (χ0v) is 13.5. The normalized spacial score (nSPS) is 15.4. The van der Waals surface area contributed by atoms with Crippen molar-refractivity contribution < 1.29 is 8.42 Å². The Bertz CT molecular complexity index is 725. The minimum atomic E-state index is -3.62. The molecule has 21 heavy (non-hydrogen) atoms. The maximum Gasteiger partial charge on any atom is 0.263 e. The number of nitrogens with zero attached hydrogens (tertiary/aromatic N) is 2. The third-order valence-electron chi connectivity index (χ3n) is 3.24. The molecule has 0 spiro atoms. The Kier molecular flexibility index (Phi) is 4.05. The molecule has 0 aliphatic carbocycles. The van der Waals surface area contributed by atoms with E-state index < -0.39 is 10.0 Å². The van der Waals surface area contributed by atoms with E-state index in [9.17, 15) is 8.42 Å². The van der Waals surface area contributed by atoms with Crippen molar-refractivity contribution in [3.8, 4) is 0 Å². The third kappa shape index (κ3) is 3.14. The maximum atomic E-state index is 12.2. The first-order chi connectivity index (χ1) is 10.1. The molecule has 0 radical (unpaired) electrons. The molecule has 1 saturated heterocycles. The predicted molar refractivity (Wildman–Crippen MR) is 85.8 cm³/mol. The van der Waals surface area contributed by atoms with Gasteiger partial charge in [0.1, 0.15) is 5.00 Å². The highest BCUT2D eigenvalue weighted by Gasteiger charge is 2.22. The molecule has 1 aromatic carbocycles. The van der Waals surface area contributed by atoms with Gasteiger partial charge < -0.3 is 4.90 Å². The lowest BCUT2D eigenvalue weighted by Gasteiger charge is -2.13. The SMILES string of the molecule is O=S(=O)(Nc1nc(Cl)c(N2CCCC2)s1)c1ccccc1. The van der Waals surface area contributed by atoms with Gasteiger partial charge in [-0.15, -0.1) is 0 Å². The summed E-state index contributed by atoms with van der Waals surface area (Å²) >= 11 is 7.39. The van der Waals surface area contributed by atoms with Crippen LogP contribution in [-0.2, 0) is 10.0 Å². The lowest BCUT2D eigenvalue weighted by molar-refractivity contribution is 0.601. The van der Waals surface area contributed by atoms with Crippen LogP contribution in [0.2, 0.25) is 5.15 Å². The summed E-state index contributed by atoms with van der Waals surface area (Å²) in [5, 5.41) is 1.48. The van der Waals surface area contributed by atoms with Crippen LogP contribution >= 0.6 is 22.9 Å². The Morgan fingerprint density at radius 1 is 1.19 bits per heavy atom. The first-order valence-corrected chi connectivity index (χ1v) is 9.23. The van der Waals surface area contributed by atoms with Crippen LogP contribution in [0, 0.1) is 0 Å². The molecule has 2 aromatic rings. The topological polar surface area (TPSA) is 62.3 Å². The minimum Gasteiger partial charge on any atom is -0.361 e. The second kappa shape index (κ2) is 5.82. The molecule has 112 valence electrons. The van der Waals surface area contributed by atoms with Crippen molar-refractivity contribution in [3.05, 3.63) is 35.5 Å². The van der Waals surface area contributed by atoms with Crippen molar-refractivity contribution in [2.75, 3.05) is 22.7 Å². The van der Waals surface area contributed by atoms with Crippen LogP contribution in [0.3, 0.4) is 0 Å². The average molecular weight is 344 g/mol. The van der Waals surface area contributed by atoms with E-state index >= 15 is 0 Å². The van der Waals surface area contributed by atoms with E-state index in [1.165, 1.54) is 11.3 Å². The fraction of sp³-hybridized carbons (Fsp3) is 0.308. The molecule has 1 fully saturated rings.